The Balaban J connectivity index is 2.18. The first-order valence-electron chi connectivity index (χ1n) is 7.75. The van der Waals surface area contributed by atoms with Gasteiger partial charge >= 0.3 is 0 Å². The third-order valence-electron chi connectivity index (χ3n) is 3.82. The van der Waals surface area contributed by atoms with Crippen LogP contribution in [0.5, 0.6) is 0 Å². The van der Waals surface area contributed by atoms with E-state index in [1.165, 1.54) is 0 Å². The van der Waals surface area contributed by atoms with Crippen LogP contribution in [0, 0.1) is 0 Å². The molecule has 1 atom stereocenters. The molecule has 1 aliphatic rings. The van der Waals surface area contributed by atoms with Gasteiger partial charge < -0.3 is 10.2 Å². The average Bonchev–Trinajstić information content (AvgIpc) is 3.05. The van der Waals surface area contributed by atoms with Crippen molar-refractivity contribution in [2.24, 2.45) is 0 Å². The summed E-state index contributed by atoms with van der Waals surface area (Å²) in [5.41, 5.74) is 1.72. The summed E-state index contributed by atoms with van der Waals surface area (Å²) in [4.78, 5) is 19.1. The fourth-order valence-corrected chi connectivity index (χ4v) is 3.70. The predicted octanol–water partition coefficient (Wildman–Crippen LogP) is 3.04. The molecule has 0 saturated carbocycles. The third-order valence-corrected chi connectivity index (χ3v) is 4.96. The number of anilines is 1. The number of nitrogens with zero attached hydrogens (tertiary/aromatic N) is 2. The summed E-state index contributed by atoms with van der Waals surface area (Å²) in [5.74, 6) is 3.13. The summed E-state index contributed by atoms with van der Waals surface area (Å²) in [5, 5.41) is 3.29. The zero-order valence-corrected chi connectivity index (χ0v) is 14.0. The molecule has 0 aliphatic carbocycles. The zero-order chi connectivity index (χ0) is 15.2. The van der Waals surface area contributed by atoms with Crippen LogP contribution in [0.25, 0.3) is 0 Å². The standard InChI is InChI=1S/C16H25N3OS/c1-4-7-17-15-10-12(9-13(5-2)18-15)16(20)19(3)14-6-8-21-11-14/h9-10,14H,4-8,11H2,1-3H3,(H,17,18). The maximum atomic E-state index is 12.7. The molecule has 4 nitrogen and oxygen atoms in total. The van der Waals surface area contributed by atoms with E-state index in [9.17, 15) is 4.79 Å². The molecule has 1 fully saturated rings. The number of nitrogens with one attached hydrogen (secondary N) is 1. The van der Waals surface area contributed by atoms with Crippen LogP contribution in [0.15, 0.2) is 12.1 Å². The Morgan fingerprint density at radius 3 is 2.90 bits per heavy atom. The van der Waals surface area contributed by atoms with Crippen LogP contribution in [-0.4, -0.2) is 46.9 Å². The van der Waals surface area contributed by atoms with Crippen molar-refractivity contribution >= 4 is 23.5 Å². The number of rotatable bonds is 6. The fourth-order valence-electron chi connectivity index (χ4n) is 2.43. The summed E-state index contributed by atoms with van der Waals surface area (Å²) < 4.78 is 0. The monoisotopic (exact) mass is 307 g/mol. The molecular formula is C16H25N3OS. The molecule has 1 unspecified atom stereocenters. The van der Waals surface area contributed by atoms with Crippen LogP contribution in [0.1, 0.15) is 42.7 Å². The van der Waals surface area contributed by atoms with Crippen LogP contribution in [0.4, 0.5) is 5.82 Å². The first kappa shape index (κ1) is 16.1. The van der Waals surface area contributed by atoms with Crippen LogP contribution in [0.2, 0.25) is 0 Å². The van der Waals surface area contributed by atoms with Gasteiger partial charge in [0.25, 0.3) is 5.91 Å². The van der Waals surface area contributed by atoms with Crippen molar-refractivity contribution in [3.63, 3.8) is 0 Å². The Morgan fingerprint density at radius 2 is 2.29 bits per heavy atom. The van der Waals surface area contributed by atoms with Crippen molar-refractivity contribution in [2.75, 3.05) is 30.4 Å². The molecular weight excluding hydrogens is 282 g/mol. The Bertz CT molecular complexity index is 486. The van der Waals surface area contributed by atoms with Gasteiger partial charge in [0, 0.05) is 36.6 Å². The Kier molecular flexibility index (Phi) is 5.91. The van der Waals surface area contributed by atoms with E-state index in [1.54, 1.807) is 0 Å². The summed E-state index contributed by atoms with van der Waals surface area (Å²) in [6.07, 6.45) is 2.98. The first-order chi connectivity index (χ1) is 10.2. The molecule has 0 bridgehead atoms. The number of amides is 1. The Hall–Kier alpha value is -1.23. The molecule has 2 heterocycles. The number of aryl methyl sites for hydroxylation is 1. The third kappa shape index (κ3) is 4.13. The SMILES string of the molecule is CCCNc1cc(C(=O)N(C)C2CCSC2)cc(CC)n1. The normalized spacial score (nSPS) is 17.8. The van der Waals surface area contributed by atoms with Gasteiger partial charge in [0.1, 0.15) is 5.82 Å². The van der Waals surface area contributed by atoms with E-state index in [-0.39, 0.29) is 5.91 Å². The number of carbonyl (C=O) groups is 1. The number of carbonyl (C=O) groups excluding carboxylic acids is 1. The average molecular weight is 307 g/mol. The predicted molar refractivity (Wildman–Crippen MR) is 90.2 cm³/mol. The molecule has 5 heteroatoms. The van der Waals surface area contributed by atoms with Crippen LogP contribution >= 0.6 is 11.8 Å². The maximum Gasteiger partial charge on any atom is 0.254 e. The first-order valence-corrected chi connectivity index (χ1v) is 8.90. The van der Waals surface area contributed by atoms with Crippen molar-refractivity contribution in [1.29, 1.82) is 0 Å². The number of thioether (sulfide) groups is 1. The largest absolute Gasteiger partial charge is 0.370 e. The van der Waals surface area contributed by atoms with E-state index < -0.39 is 0 Å². The number of hydrogen-bond acceptors (Lipinski definition) is 4. The fraction of sp³-hybridized carbons (Fsp3) is 0.625. The van der Waals surface area contributed by atoms with Gasteiger partial charge in [-0.05, 0) is 37.1 Å². The van der Waals surface area contributed by atoms with Gasteiger partial charge in [-0.25, -0.2) is 4.98 Å². The van der Waals surface area contributed by atoms with Crippen molar-refractivity contribution in [3.05, 3.63) is 23.4 Å². The summed E-state index contributed by atoms with van der Waals surface area (Å²) in [6, 6.07) is 4.18. The van der Waals surface area contributed by atoms with Gasteiger partial charge in [-0.1, -0.05) is 13.8 Å². The second-order valence-corrected chi connectivity index (χ2v) is 6.60. The van der Waals surface area contributed by atoms with Crippen molar-refractivity contribution in [3.8, 4) is 0 Å². The molecule has 0 aromatic carbocycles. The lowest BCUT2D eigenvalue weighted by molar-refractivity contribution is 0.0747. The van der Waals surface area contributed by atoms with Crippen molar-refractivity contribution in [1.82, 2.24) is 9.88 Å². The molecule has 0 spiro atoms. The number of aromatic nitrogens is 1. The topological polar surface area (TPSA) is 45.2 Å². The second-order valence-electron chi connectivity index (χ2n) is 5.45. The highest BCUT2D eigenvalue weighted by Gasteiger charge is 2.25. The number of hydrogen-bond donors (Lipinski definition) is 1. The molecule has 1 N–H and O–H groups in total. The molecule has 2 rings (SSSR count). The van der Waals surface area contributed by atoms with E-state index in [4.69, 9.17) is 0 Å². The highest BCUT2D eigenvalue weighted by Crippen LogP contribution is 2.23. The highest BCUT2D eigenvalue weighted by atomic mass is 32.2. The van der Waals surface area contributed by atoms with E-state index in [0.29, 0.717) is 6.04 Å². The van der Waals surface area contributed by atoms with Gasteiger partial charge in [0.05, 0.1) is 0 Å². The zero-order valence-electron chi connectivity index (χ0n) is 13.2. The van der Waals surface area contributed by atoms with Crippen molar-refractivity contribution in [2.45, 2.75) is 39.2 Å². The highest BCUT2D eigenvalue weighted by molar-refractivity contribution is 7.99. The van der Waals surface area contributed by atoms with E-state index >= 15 is 0 Å². The van der Waals surface area contributed by atoms with Gasteiger partial charge in [-0.15, -0.1) is 0 Å². The lowest BCUT2D eigenvalue weighted by Gasteiger charge is -2.24. The molecule has 0 radical (unpaired) electrons. The van der Waals surface area contributed by atoms with Gasteiger partial charge in [0.2, 0.25) is 0 Å². The molecule has 1 aromatic rings. The van der Waals surface area contributed by atoms with Crippen LogP contribution in [0.3, 0.4) is 0 Å². The minimum atomic E-state index is 0.110. The summed E-state index contributed by atoms with van der Waals surface area (Å²) in [7, 11) is 1.92. The van der Waals surface area contributed by atoms with Crippen LogP contribution in [-0.2, 0) is 6.42 Å². The van der Waals surface area contributed by atoms with Gasteiger partial charge in [0.15, 0.2) is 0 Å². The molecule has 1 saturated heterocycles. The second kappa shape index (κ2) is 7.69. The lowest BCUT2D eigenvalue weighted by Crippen LogP contribution is -2.37. The van der Waals surface area contributed by atoms with Gasteiger partial charge in [-0.2, -0.15) is 11.8 Å². The summed E-state index contributed by atoms with van der Waals surface area (Å²) in [6.45, 7) is 5.06. The Morgan fingerprint density at radius 1 is 1.48 bits per heavy atom. The van der Waals surface area contributed by atoms with E-state index in [2.05, 4.69) is 24.1 Å². The number of pyridine rings is 1. The molecule has 1 aliphatic heterocycles. The van der Waals surface area contributed by atoms with Gasteiger partial charge in [-0.3, -0.25) is 4.79 Å². The quantitative estimate of drug-likeness (QED) is 0.877. The summed E-state index contributed by atoms with van der Waals surface area (Å²) >= 11 is 1.93. The smallest absolute Gasteiger partial charge is 0.254 e. The molecule has 1 aromatic heterocycles. The molecule has 1 amide bonds. The maximum absolute atomic E-state index is 12.7. The van der Waals surface area contributed by atoms with Crippen LogP contribution < -0.4 is 5.32 Å². The van der Waals surface area contributed by atoms with E-state index in [0.717, 1.165) is 54.4 Å². The van der Waals surface area contributed by atoms with Crippen molar-refractivity contribution < 1.29 is 4.79 Å². The lowest BCUT2D eigenvalue weighted by atomic mass is 10.1. The Labute approximate surface area is 131 Å². The molecule has 21 heavy (non-hydrogen) atoms. The minimum absolute atomic E-state index is 0.110. The van der Waals surface area contributed by atoms with E-state index in [1.807, 2.05) is 35.8 Å². The molecule has 116 valence electrons. The minimum Gasteiger partial charge on any atom is -0.370 e.